The van der Waals surface area contributed by atoms with Crippen molar-refractivity contribution in [1.82, 2.24) is 10.6 Å². The minimum absolute atomic E-state index is 0. The lowest BCUT2D eigenvalue weighted by Crippen LogP contribution is -2.79. The van der Waals surface area contributed by atoms with Gasteiger partial charge in [-0.05, 0) is 39.2 Å². The number of rotatable bonds is 2. The fourth-order valence-electron chi connectivity index (χ4n) is 3.34. The van der Waals surface area contributed by atoms with Gasteiger partial charge >= 0.3 is 0 Å². The fourth-order valence-corrected chi connectivity index (χ4v) is 3.34. The zero-order chi connectivity index (χ0) is 9.10. The van der Waals surface area contributed by atoms with E-state index in [1.54, 1.807) is 0 Å². The van der Waals surface area contributed by atoms with Gasteiger partial charge in [-0.2, -0.15) is 0 Å². The molecule has 15 heavy (non-hydrogen) atoms. The molecule has 5 heteroatoms. The van der Waals surface area contributed by atoms with E-state index >= 15 is 0 Å². The summed E-state index contributed by atoms with van der Waals surface area (Å²) in [5.74, 6) is 0. The lowest BCUT2D eigenvalue weighted by molar-refractivity contribution is -0.223. The average molecular weight is 255 g/mol. The van der Waals surface area contributed by atoms with Crippen LogP contribution in [-0.2, 0) is 0 Å². The summed E-state index contributed by atoms with van der Waals surface area (Å²) < 4.78 is 0. The molecule has 1 aliphatic heterocycles. The summed E-state index contributed by atoms with van der Waals surface area (Å²) in [6.45, 7) is 3.38. The van der Waals surface area contributed by atoms with E-state index in [9.17, 15) is 5.11 Å². The van der Waals surface area contributed by atoms with Gasteiger partial charge in [0.05, 0.1) is 5.60 Å². The van der Waals surface area contributed by atoms with E-state index in [1.165, 1.54) is 6.42 Å². The maximum Gasteiger partial charge on any atom is 0.0700 e. The molecule has 0 spiro atoms. The quantitative estimate of drug-likeness (QED) is 0.685. The Morgan fingerprint density at radius 3 is 2.27 bits per heavy atom. The van der Waals surface area contributed by atoms with Crippen LogP contribution in [-0.4, -0.2) is 34.9 Å². The number of halogens is 2. The standard InChI is InChI=1S/C10H18N2O.2ClH/c1-7-8(2-3-11-7)12-9-4-10(13,5-9)6-9;;/h7-8,11-13H,2-6H2,1H3;2*1H/t7-,8?,9?,10?;;/m0../s1. The molecule has 0 amide bonds. The summed E-state index contributed by atoms with van der Waals surface area (Å²) >= 11 is 0. The predicted octanol–water partition coefficient (Wildman–Crippen LogP) is 0.837. The SMILES string of the molecule is C[C@@H]1NCCC1NC12CC(O)(C1)C2.Cl.Cl. The highest BCUT2D eigenvalue weighted by molar-refractivity contribution is 5.85. The van der Waals surface area contributed by atoms with Crippen LogP contribution in [0.1, 0.15) is 32.6 Å². The molecule has 2 atom stereocenters. The fraction of sp³-hybridized carbons (Fsp3) is 1.00. The molecule has 1 unspecified atom stereocenters. The van der Waals surface area contributed by atoms with E-state index in [-0.39, 0.29) is 30.4 Å². The third kappa shape index (κ3) is 2.01. The number of hydrogen-bond donors (Lipinski definition) is 3. The van der Waals surface area contributed by atoms with Gasteiger partial charge in [-0.25, -0.2) is 0 Å². The Balaban J connectivity index is 0.000000562. The van der Waals surface area contributed by atoms with Crippen LogP contribution in [0.5, 0.6) is 0 Å². The monoisotopic (exact) mass is 254 g/mol. The Kier molecular flexibility index (Phi) is 3.64. The van der Waals surface area contributed by atoms with Crippen LogP contribution in [0.15, 0.2) is 0 Å². The van der Waals surface area contributed by atoms with E-state index in [0.29, 0.717) is 17.6 Å². The molecule has 1 heterocycles. The van der Waals surface area contributed by atoms with Crippen molar-refractivity contribution in [2.75, 3.05) is 6.54 Å². The third-order valence-corrected chi connectivity index (χ3v) is 4.02. The molecule has 0 aromatic rings. The van der Waals surface area contributed by atoms with Crippen LogP contribution in [0.4, 0.5) is 0 Å². The van der Waals surface area contributed by atoms with Gasteiger partial charge in [0.25, 0.3) is 0 Å². The van der Waals surface area contributed by atoms with Crippen molar-refractivity contribution in [2.24, 2.45) is 0 Å². The lowest BCUT2D eigenvalue weighted by atomic mass is 9.46. The van der Waals surface area contributed by atoms with Gasteiger partial charge in [-0.1, -0.05) is 0 Å². The molecular weight excluding hydrogens is 235 g/mol. The first-order valence-electron chi connectivity index (χ1n) is 5.34. The average Bonchev–Trinajstić information content (AvgIpc) is 2.31. The molecule has 1 saturated heterocycles. The molecule has 0 aromatic heterocycles. The molecule has 4 aliphatic rings. The second kappa shape index (κ2) is 4.04. The van der Waals surface area contributed by atoms with Crippen molar-refractivity contribution in [1.29, 1.82) is 0 Å². The highest BCUT2D eigenvalue weighted by Gasteiger charge is 2.67. The van der Waals surface area contributed by atoms with E-state index in [0.717, 1.165) is 25.8 Å². The topological polar surface area (TPSA) is 44.3 Å². The molecule has 3 nitrogen and oxygen atoms in total. The molecule has 4 fully saturated rings. The highest BCUT2D eigenvalue weighted by Crippen LogP contribution is 2.60. The molecule has 2 bridgehead atoms. The molecule has 3 saturated carbocycles. The van der Waals surface area contributed by atoms with E-state index in [4.69, 9.17) is 0 Å². The Bertz CT molecular complexity index is 230. The normalized spacial score (nSPS) is 50.8. The smallest absolute Gasteiger partial charge is 0.0700 e. The van der Waals surface area contributed by atoms with Crippen LogP contribution >= 0.6 is 24.8 Å². The minimum atomic E-state index is -0.262. The van der Waals surface area contributed by atoms with Gasteiger partial charge in [-0.15, -0.1) is 24.8 Å². The molecule has 4 rings (SSSR count). The Morgan fingerprint density at radius 2 is 1.87 bits per heavy atom. The van der Waals surface area contributed by atoms with Crippen molar-refractivity contribution in [2.45, 2.75) is 55.8 Å². The highest BCUT2D eigenvalue weighted by atomic mass is 35.5. The first-order valence-corrected chi connectivity index (χ1v) is 5.34. The molecule has 0 radical (unpaired) electrons. The zero-order valence-electron chi connectivity index (χ0n) is 8.95. The lowest BCUT2D eigenvalue weighted by Gasteiger charge is -2.68. The summed E-state index contributed by atoms with van der Waals surface area (Å²) in [4.78, 5) is 0. The van der Waals surface area contributed by atoms with Crippen molar-refractivity contribution >= 4 is 24.8 Å². The molecular formula is C10H20Cl2N2O. The number of hydrogen-bond acceptors (Lipinski definition) is 3. The largest absolute Gasteiger partial charge is 0.390 e. The third-order valence-electron chi connectivity index (χ3n) is 4.02. The van der Waals surface area contributed by atoms with Crippen molar-refractivity contribution < 1.29 is 5.11 Å². The molecule has 0 aromatic carbocycles. The zero-order valence-corrected chi connectivity index (χ0v) is 10.6. The molecule has 3 N–H and O–H groups in total. The summed E-state index contributed by atoms with van der Waals surface area (Å²) in [7, 11) is 0. The maximum atomic E-state index is 9.63. The Hall–Kier alpha value is 0.460. The maximum absolute atomic E-state index is 9.63. The summed E-state index contributed by atoms with van der Waals surface area (Å²) in [6, 6.07) is 1.23. The van der Waals surface area contributed by atoms with Crippen LogP contribution in [0, 0.1) is 0 Å². The van der Waals surface area contributed by atoms with Gasteiger partial charge in [0.15, 0.2) is 0 Å². The van der Waals surface area contributed by atoms with Crippen molar-refractivity contribution in [3.63, 3.8) is 0 Å². The van der Waals surface area contributed by atoms with Crippen molar-refractivity contribution in [3.05, 3.63) is 0 Å². The predicted molar refractivity (Wildman–Crippen MR) is 65.0 cm³/mol. The first-order chi connectivity index (χ1) is 6.11. The van der Waals surface area contributed by atoms with Crippen LogP contribution in [0.2, 0.25) is 0 Å². The van der Waals surface area contributed by atoms with Crippen LogP contribution in [0.25, 0.3) is 0 Å². The van der Waals surface area contributed by atoms with Gasteiger partial charge in [0, 0.05) is 17.6 Å². The Morgan fingerprint density at radius 1 is 1.27 bits per heavy atom. The molecule has 3 aliphatic carbocycles. The van der Waals surface area contributed by atoms with E-state index in [2.05, 4.69) is 17.6 Å². The number of aliphatic hydroxyl groups is 1. The van der Waals surface area contributed by atoms with Gasteiger partial charge < -0.3 is 15.7 Å². The van der Waals surface area contributed by atoms with E-state index < -0.39 is 0 Å². The summed E-state index contributed by atoms with van der Waals surface area (Å²) in [6.07, 6.45) is 4.21. The van der Waals surface area contributed by atoms with E-state index in [1.807, 2.05) is 0 Å². The van der Waals surface area contributed by atoms with Gasteiger partial charge in [0.2, 0.25) is 0 Å². The second-order valence-corrected chi connectivity index (χ2v) is 5.32. The van der Waals surface area contributed by atoms with Gasteiger partial charge in [-0.3, -0.25) is 0 Å². The Labute approximate surface area is 103 Å². The van der Waals surface area contributed by atoms with Crippen LogP contribution < -0.4 is 10.6 Å². The summed E-state index contributed by atoms with van der Waals surface area (Å²) in [5, 5.41) is 16.8. The molecule has 90 valence electrons. The van der Waals surface area contributed by atoms with Gasteiger partial charge in [0.1, 0.15) is 0 Å². The van der Waals surface area contributed by atoms with Crippen molar-refractivity contribution in [3.8, 4) is 0 Å². The first kappa shape index (κ1) is 13.5. The summed E-state index contributed by atoms with van der Waals surface area (Å²) in [5.41, 5.74) is 0.0714. The van der Waals surface area contributed by atoms with Crippen LogP contribution in [0.3, 0.4) is 0 Å². The number of nitrogens with one attached hydrogen (secondary N) is 2. The second-order valence-electron chi connectivity index (χ2n) is 5.32. The minimum Gasteiger partial charge on any atom is -0.390 e.